The summed E-state index contributed by atoms with van der Waals surface area (Å²) in [6, 6.07) is 8.03. The van der Waals surface area contributed by atoms with Gasteiger partial charge in [0.15, 0.2) is 16.8 Å². The van der Waals surface area contributed by atoms with Crippen molar-refractivity contribution in [3.05, 3.63) is 65.6 Å². The van der Waals surface area contributed by atoms with Crippen LogP contribution in [0.5, 0.6) is 0 Å². The van der Waals surface area contributed by atoms with Crippen LogP contribution in [0.25, 0.3) is 11.4 Å². The van der Waals surface area contributed by atoms with Gasteiger partial charge < -0.3 is 4.42 Å². The van der Waals surface area contributed by atoms with E-state index in [-0.39, 0.29) is 5.78 Å². The van der Waals surface area contributed by atoms with Gasteiger partial charge >= 0.3 is 0 Å². The Balaban J connectivity index is 1.52. The molecule has 0 saturated heterocycles. The van der Waals surface area contributed by atoms with Crippen molar-refractivity contribution in [1.29, 1.82) is 0 Å². The number of thioether (sulfide) groups is 1. The van der Waals surface area contributed by atoms with Gasteiger partial charge in [-0.15, -0.1) is 16.8 Å². The molecule has 0 radical (unpaired) electrons. The largest absolute Gasteiger partial charge is 0.469 e. The highest BCUT2D eigenvalue weighted by Crippen LogP contribution is 2.28. The van der Waals surface area contributed by atoms with Crippen molar-refractivity contribution in [2.24, 2.45) is 0 Å². The monoisotopic (exact) mass is 393 g/mol. The highest BCUT2D eigenvalue weighted by molar-refractivity contribution is 7.99. The van der Waals surface area contributed by atoms with Crippen molar-refractivity contribution in [1.82, 2.24) is 14.8 Å². The lowest BCUT2D eigenvalue weighted by Gasteiger charge is -2.16. The molecule has 1 aliphatic carbocycles. The summed E-state index contributed by atoms with van der Waals surface area (Å²) in [5.74, 6) is 1.97. The maximum Gasteiger partial charge on any atom is 0.192 e. The molecule has 144 valence electrons. The molecule has 5 nitrogen and oxygen atoms in total. The molecule has 0 atom stereocenters. The summed E-state index contributed by atoms with van der Waals surface area (Å²) >= 11 is 1.41. The highest BCUT2D eigenvalue weighted by Gasteiger charge is 2.18. The van der Waals surface area contributed by atoms with Crippen LogP contribution in [0.1, 0.15) is 40.1 Å². The molecule has 4 rings (SSSR count). The second kappa shape index (κ2) is 8.19. The van der Waals surface area contributed by atoms with E-state index < -0.39 is 0 Å². The molecule has 6 heteroatoms. The van der Waals surface area contributed by atoms with Crippen molar-refractivity contribution in [2.75, 3.05) is 5.75 Å². The zero-order valence-corrected chi connectivity index (χ0v) is 16.8. The lowest BCUT2D eigenvalue weighted by molar-refractivity contribution is 0.102. The lowest BCUT2D eigenvalue weighted by Crippen LogP contribution is -2.08. The van der Waals surface area contributed by atoms with Gasteiger partial charge in [0, 0.05) is 12.1 Å². The van der Waals surface area contributed by atoms with Gasteiger partial charge in [0.25, 0.3) is 0 Å². The number of hydrogen-bond acceptors (Lipinski definition) is 5. The molecule has 2 aromatic heterocycles. The maximum atomic E-state index is 12.7. The van der Waals surface area contributed by atoms with Crippen LogP contribution < -0.4 is 0 Å². The number of Topliss-reactive ketones (excluding diaryl/α,β-unsaturated/α-hetero) is 1. The average Bonchev–Trinajstić information content (AvgIpc) is 3.31. The Bertz CT molecular complexity index is 1020. The summed E-state index contributed by atoms with van der Waals surface area (Å²) in [5.41, 5.74) is 4.41. The Morgan fingerprint density at radius 2 is 2.07 bits per heavy atom. The molecule has 3 aromatic rings. The van der Waals surface area contributed by atoms with Gasteiger partial charge in [0.05, 0.1) is 17.6 Å². The van der Waals surface area contributed by atoms with Gasteiger partial charge in [-0.05, 0) is 55.9 Å². The van der Waals surface area contributed by atoms with Gasteiger partial charge in [-0.1, -0.05) is 30.0 Å². The van der Waals surface area contributed by atoms with E-state index in [0.717, 1.165) is 35.6 Å². The number of aryl methyl sites for hydroxylation is 3. The van der Waals surface area contributed by atoms with Gasteiger partial charge in [-0.2, -0.15) is 0 Å². The van der Waals surface area contributed by atoms with Crippen molar-refractivity contribution in [3.8, 4) is 11.4 Å². The first-order valence-electron chi connectivity index (χ1n) is 9.53. The Morgan fingerprint density at radius 3 is 2.82 bits per heavy atom. The topological polar surface area (TPSA) is 60.9 Å². The van der Waals surface area contributed by atoms with E-state index in [2.05, 4.69) is 28.9 Å². The molecule has 0 spiro atoms. The molecule has 1 aliphatic rings. The van der Waals surface area contributed by atoms with E-state index in [0.29, 0.717) is 17.5 Å². The number of fused-ring (bicyclic) bond motifs is 1. The van der Waals surface area contributed by atoms with E-state index >= 15 is 0 Å². The SMILES string of the molecule is C=CCn1c(SCC(=O)c2ccc3c(c2)CCCC3)nnc1-c1ccoc1C. The molecule has 0 amide bonds. The Labute approximate surface area is 168 Å². The molecule has 0 aliphatic heterocycles. The minimum Gasteiger partial charge on any atom is -0.469 e. The fourth-order valence-corrected chi connectivity index (χ4v) is 4.47. The minimum atomic E-state index is 0.118. The second-order valence-electron chi connectivity index (χ2n) is 7.00. The van der Waals surface area contributed by atoms with Gasteiger partial charge in [-0.3, -0.25) is 9.36 Å². The average molecular weight is 394 g/mol. The van der Waals surface area contributed by atoms with Crippen LogP contribution in [0.3, 0.4) is 0 Å². The van der Waals surface area contributed by atoms with Crippen LogP contribution in [0.4, 0.5) is 0 Å². The maximum absolute atomic E-state index is 12.7. The standard InChI is InChI=1S/C22H23N3O2S/c1-3-11-25-21(19-10-12-27-15(19)2)23-24-22(25)28-14-20(26)18-9-8-16-6-4-5-7-17(16)13-18/h3,8-10,12-13H,1,4-7,11,14H2,2H3. The third kappa shape index (κ3) is 3.69. The molecule has 1 aromatic carbocycles. The Kier molecular flexibility index (Phi) is 5.48. The van der Waals surface area contributed by atoms with Crippen molar-refractivity contribution in [3.63, 3.8) is 0 Å². The predicted molar refractivity (Wildman–Crippen MR) is 111 cm³/mol. The van der Waals surface area contributed by atoms with Gasteiger partial charge in [0.2, 0.25) is 0 Å². The summed E-state index contributed by atoms with van der Waals surface area (Å²) in [5, 5.41) is 9.33. The summed E-state index contributed by atoms with van der Waals surface area (Å²) in [6.07, 6.45) is 8.10. The number of benzene rings is 1. The van der Waals surface area contributed by atoms with Crippen LogP contribution in [-0.2, 0) is 19.4 Å². The van der Waals surface area contributed by atoms with Crippen molar-refractivity contribution < 1.29 is 9.21 Å². The third-order valence-corrected chi connectivity index (χ3v) is 6.10. The molecular formula is C22H23N3O2S. The molecule has 0 saturated carbocycles. The third-order valence-electron chi connectivity index (χ3n) is 5.13. The fourth-order valence-electron chi connectivity index (χ4n) is 3.63. The number of rotatable bonds is 7. The minimum absolute atomic E-state index is 0.118. The van der Waals surface area contributed by atoms with E-state index in [1.54, 1.807) is 12.3 Å². The molecule has 28 heavy (non-hydrogen) atoms. The zero-order chi connectivity index (χ0) is 19.5. The van der Waals surface area contributed by atoms with Gasteiger partial charge in [0.1, 0.15) is 5.76 Å². The van der Waals surface area contributed by atoms with E-state index in [1.165, 1.54) is 35.7 Å². The van der Waals surface area contributed by atoms with Crippen LogP contribution in [-0.4, -0.2) is 26.3 Å². The number of nitrogens with zero attached hydrogens (tertiary/aromatic N) is 3. The first-order valence-corrected chi connectivity index (χ1v) is 10.5. The van der Waals surface area contributed by atoms with Crippen LogP contribution in [0.2, 0.25) is 0 Å². The van der Waals surface area contributed by atoms with E-state index in [4.69, 9.17) is 4.42 Å². The van der Waals surface area contributed by atoms with Crippen LogP contribution >= 0.6 is 11.8 Å². The smallest absolute Gasteiger partial charge is 0.192 e. The predicted octanol–water partition coefficient (Wildman–Crippen LogP) is 4.89. The Morgan fingerprint density at radius 1 is 1.25 bits per heavy atom. The number of ketones is 1. The normalized spacial score (nSPS) is 13.3. The van der Waals surface area contributed by atoms with Gasteiger partial charge in [-0.25, -0.2) is 0 Å². The zero-order valence-electron chi connectivity index (χ0n) is 16.0. The molecule has 0 N–H and O–H groups in total. The number of furan rings is 1. The quantitative estimate of drug-likeness (QED) is 0.325. The summed E-state index contributed by atoms with van der Waals surface area (Å²) < 4.78 is 7.36. The number of allylic oxidation sites excluding steroid dienone is 1. The van der Waals surface area contributed by atoms with Crippen molar-refractivity contribution in [2.45, 2.75) is 44.3 Å². The molecular weight excluding hydrogens is 370 g/mol. The fraction of sp³-hybridized carbons (Fsp3) is 0.318. The first-order chi connectivity index (χ1) is 13.7. The molecule has 2 heterocycles. The second-order valence-corrected chi connectivity index (χ2v) is 7.94. The van der Waals surface area contributed by atoms with E-state index in [1.807, 2.05) is 23.6 Å². The molecule has 0 unspecified atom stereocenters. The summed E-state index contributed by atoms with van der Waals surface area (Å²) in [7, 11) is 0. The first kappa shape index (κ1) is 18.7. The van der Waals surface area contributed by atoms with Crippen LogP contribution in [0, 0.1) is 6.92 Å². The van der Waals surface area contributed by atoms with Crippen molar-refractivity contribution >= 4 is 17.5 Å². The number of hydrogen-bond donors (Lipinski definition) is 0. The summed E-state index contributed by atoms with van der Waals surface area (Å²) in [4.78, 5) is 12.7. The lowest BCUT2D eigenvalue weighted by atomic mass is 9.90. The number of carbonyl (C=O) groups excluding carboxylic acids is 1. The molecule has 0 bridgehead atoms. The van der Waals surface area contributed by atoms with Crippen LogP contribution in [0.15, 0.2) is 52.8 Å². The Hall–Kier alpha value is -2.60. The van der Waals surface area contributed by atoms with E-state index in [9.17, 15) is 4.79 Å². The summed E-state index contributed by atoms with van der Waals surface area (Å²) in [6.45, 7) is 6.30. The number of aromatic nitrogens is 3. The molecule has 0 fully saturated rings. The number of carbonyl (C=O) groups is 1. The highest BCUT2D eigenvalue weighted by atomic mass is 32.2.